The van der Waals surface area contributed by atoms with Crippen LogP contribution in [0.3, 0.4) is 0 Å². The monoisotopic (exact) mass is 373 g/mol. The molecule has 2 fully saturated rings. The molecular weight excluding hydrogens is 346 g/mol. The first-order valence-electron chi connectivity index (χ1n) is 10.0. The van der Waals surface area contributed by atoms with Crippen molar-refractivity contribution in [3.63, 3.8) is 0 Å². The largest absolute Gasteiger partial charge is 0.376 e. The number of aromatic nitrogens is 2. The number of hydrogen-bond acceptors (Lipinski definition) is 6. The maximum absolute atomic E-state index is 5.96. The molecule has 0 spiro atoms. The van der Waals surface area contributed by atoms with E-state index >= 15 is 0 Å². The number of rotatable bonds is 5. The zero-order chi connectivity index (χ0) is 17.5. The Balaban J connectivity index is 1.55. The molecule has 4 heterocycles. The van der Waals surface area contributed by atoms with Gasteiger partial charge in [0.1, 0.15) is 16.5 Å². The number of nitrogens with zero attached hydrogens (tertiary/aromatic N) is 3. The molecule has 0 saturated carbocycles. The zero-order valence-electron chi connectivity index (χ0n) is 15.5. The predicted molar refractivity (Wildman–Crippen MR) is 104 cm³/mol. The highest BCUT2D eigenvalue weighted by atomic mass is 32.1. The lowest BCUT2D eigenvalue weighted by atomic mass is 10.1. The van der Waals surface area contributed by atoms with Crippen LogP contribution in [0.5, 0.6) is 0 Å². The highest BCUT2D eigenvalue weighted by Crippen LogP contribution is 2.41. The van der Waals surface area contributed by atoms with Crippen LogP contribution in [-0.2, 0) is 22.3 Å². The van der Waals surface area contributed by atoms with Crippen molar-refractivity contribution in [1.29, 1.82) is 0 Å². The number of anilines is 1. The molecule has 0 amide bonds. The summed E-state index contributed by atoms with van der Waals surface area (Å²) < 4.78 is 11.9. The van der Waals surface area contributed by atoms with Crippen LogP contribution in [0, 0.1) is 6.92 Å². The third-order valence-corrected chi connectivity index (χ3v) is 7.04. The van der Waals surface area contributed by atoms with E-state index in [4.69, 9.17) is 19.4 Å². The van der Waals surface area contributed by atoms with Crippen LogP contribution in [0.1, 0.15) is 48.4 Å². The van der Waals surface area contributed by atoms with Gasteiger partial charge in [-0.15, -0.1) is 11.3 Å². The zero-order valence-corrected chi connectivity index (χ0v) is 16.3. The Morgan fingerprint density at radius 1 is 1.00 bits per heavy atom. The summed E-state index contributed by atoms with van der Waals surface area (Å²) in [4.78, 5) is 14.9. The minimum atomic E-state index is 0.313. The molecule has 0 unspecified atom stereocenters. The summed E-state index contributed by atoms with van der Waals surface area (Å²) >= 11 is 1.88. The average Bonchev–Trinajstić information content (AvgIpc) is 3.38. The molecule has 5 rings (SSSR count). The molecule has 1 aliphatic carbocycles. The quantitative estimate of drug-likeness (QED) is 0.801. The van der Waals surface area contributed by atoms with Gasteiger partial charge in [-0.2, -0.15) is 0 Å². The van der Waals surface area contributed by atoms with Crippen LogP contribution in [0.25, 0.3) is 10.2 Å². The van der Waals surface area contributed by atoms with Crippen LogP contribution >= 0.6 is 11.3 Å². The highest BCUT2D eigenvalue weighted by molar-refractivity contribution is 7.19. The fraction of sp³-hybridized carbons (Fsp3) is 0.700. The second-order valence-electron chi connectivity index (χ2n) is 7.81. The second-order valence-corrected chi connectivity index (χ2v) is 8.89. The van der Waals surface area contributed by atoms with Crippen molar-refractivity contribution in [1.82, 2.24) is 9.97 Å². The summed E-state index contributed by atoms with van der Waals surface area (Å²) in [7, 11) is 0. The SMILES string of the molecule is Cc1nc(N(C[C@H]2CCCO2)C[C@@H]2CCCO2)c2c3c(sc2n1)CCC3. The molecule has 140 valence electrons. The molecule has 6 heteroatoms. The van der Waals surface area contributed by atoms with Gasteiger partial charge in [0.25, 0.3) is 0 Å². The van der Waals surface area contributed by atoms with Gasteiger partial charge in [-0.3, -0.25) is 0 Å². The van der Waals surface area contributed by atoms with Crippen molar-refractivity contribution in [2.45, 2.75) is 64.1 Å². The third-order valence-electron chi connectivity index (χ3n) is 5.85. The Kier molecular flexibility index (Phi) is 4.59. The van der Waals surface area contributed by atoms with Gasteiger partial charge in [0.2, 0.25) is 0 Å². The molecule has 2 atom stereocenters. The number of ether oxygens (including phenoxy) is 2. The van der Waals surface area contributed by atoms with Crippen LogP contribution in [0.15, 0.2) is 0 Å². The van der Waals surface area contributed by atoms with E-state index in [2.05, 4.69) is 4.90 Å². The van der Waals surface area contributed by atoms with Crippen LogP contribution in [-0.4, -0.2) is 48.5 Å². The molecular formula is C20H27N3O2S. The van der Waals surface area contributed by atoms with Crippen LogP contribution in [0.2, 0.25) is 0 Å². The summed E-state index contributed by atoms with van der Waals surface area (Å²) in [6, 6.07) is 0. The first-order chi connectivity index (χ1) is 12.8. The van der Waals surface area contributed by atoms with E-state index in [9.17, 15) is 0 Å². The fourth-order valence-electron chi connectivity index (χ4n) is 4.62. The molecule has 3 aliphatic rings. The van der Waals surface area contributed by atoms with Gasteiger partial charge in [0.15, 0.2) is 0 Å². The number of hydrogen-bond donors (Lipinski definition) is 0. The molecule has 2 saturated heterocycles. The van der Waals surface area contributed by atoms with E-state index in [1.165, 1.54) is 52.8 Å². The van der Waals surface area contributed by atoms with Gasteiger partial charge in [-0.25, -0.2) is 9.97 Å². The summed E-state index contributed by atoms with van der Waals surface area (Å²) in [5.74, 6) is 2.00. The first kappa shape index (κ1) is 16.9. The lowest BCUT2D eigenvalue weighted by Crippen LogP contribution is -2.38. The van der Waals surface area contributed by atoms with Crippen molar-refractivity contribution in [3.05, 3.63) is 16.3 Å². The van der Waals surface area contributed by atoms with Crippen LogP contribution < -0.4 is 4.90 Å². The Labute approximate surface area is 158 Å². The van der Waals surface area contributed by atoms with Gasteiger partial charge in [0, 0.05) is 31.2 Å². The van der Waals surface area contributed by atoms with Gasteiger partial charge in [0.05, 0.1) is 17.6 Å². The average molecular weight is 374 g/mol. The van der Waals surface area contributed by atoms with Crippen molar-refractivity contribution in [3.8, 4) is 0 Å². The van der Waals surface area contributed by atoms with E-state index in [1.807, 2.05) is 18.3 Å². The van der Waals surface area contributed by atoms with Crippen molar-refractivity contribution in [2.75, 3.05) is 31.2 Å². The lowest BCUT2D eigenvalue weighted by molar-refractivity contribution is 0.0997. The van der Waals surface area contributed by atoms with E-state index in [0.29, 0.717) is 12.2 Å². The molecule has 5 nitrogen and oxygen atoms in total. The van der Waals surface area contributed by atoms with E-state index < -0.39 is 0 Å². The Morgan fingerprint density at radius 2 is 1.73 bits per heavy atom. The summed E-state index contributed by atoms with van der Waals surface area (Å²) in [5, 5.41) is 1.31. The van der Waals surface area contributed by atoms with E-state index in [1.54, 1.807) is 0 Å². The Morgan fingerprint density at radius 3 is 2.38 bits per heavy atom. The van der Waals surface area contributed by atoms with Crippen molar-refractivity contribution < 1.29 is 9.47 Å². The molecule has 0 aromatic carbocycles. The number of thiophene rings is 1. The fourth-order valence-corrected chi connectivity index (χ4v) is 5.93. The first-order valence-corrected chi connectivity index (χ1v) is 10.9. The maximum Gasteiger partial charge on any atom is 0.141 e. The molecule has 2 aromatic rings. The smallest absolute Gasteiger partial charge is 0.141 e. The number of fused-ring (bicyclic) bond motifs is 3. The van der Waals surface area contributed by atoms with Gasteiger partial charge < -0.3 is 14.4 Å². The summed E-state index contributed by atoms with van der Waals surface area (Å²) in [6.45, 7) is 5.63. The van der Waals surface area contributed by atoms with Crippen molar-refractivity contribution in [2.24, 2.45) is 0 Å². The highest BCUT2D eigenvalue weighted by Gasteiger charge is 2.29. The Bertz CT molecular complexity index is 776. The standard InChI is InChI=1S/C20H27N3O2S/c1-13-21-19(18-16-7-2-8-17(16)26-20(18)22-13)23(11-14-5-3-9-24-14)12-15-6-4-10-25-15/h14-15H,2-12H2,1H3/t14-,15+. The van der Waals surface area contributed by atoms with E-state index in [0.717, 1.165) is 50.8 Å². The van der Waals surface area contributed by atoms with Crippen molar-refractivity contribution >= 4 is 27.4 Å². The second kappa shape index (κ2) is 7.06. The molecule has 0 bridgehead atoms. The van der Waals surface area contributed by atoms with Gasteiger partial charge in [-0.1, -0.05) is 0 Å². The summed E-state index contributed by atoms with van der Waals surface area (Å²) in [6.07, 6.45) is 8.90. The minimum absolute atomic E-state index is 0.313. The molecule has 0 radical (unpaired) electrons. The molecule has 2 aromatic heterocycles. The summed E-state index contributed by atoms with van der Waals surface area (Å²) in [5.41, 5.74) is 1.50. The van der Waals surface area contributed by atoms with Gasteiger partial charge >= 0.3 is 0 Å². The van der Waals surface area contributed by atoms with Gasteiger partial charge in [-0.05, 0) is 57.4 Å². The third kappa shape index (κ3) is 3.12. The predicted octanol–water partition coefficient (Wildman–Crippen LogP) is 3.65. The maximum atomic E-state index is 5.96. The molecule has 0 N–H and O–H groups in total. The molecule has 26 heavy (non-hydrogen) atoms. The Hall–Kier alpha value is -1.24. The topological polar surface area (TPSA) is 47.5 Å². The molecule has 2 aliphatic heterocycles. The normalized spacial score (nSPS) is 25.3. The van der Waals surface area contributed by atoms with E-state index in [-0.39, 0.29) is 0 Å². The lowest BCUT2D eigenvalue weighted by Gasteiger charge is -2.29. The number of aryl methyl sites for hydroxylation is 3. The minimum Gasteiger partial charge on any atom is -0.376 e. The van der Waals surface area contributed by atoms with Crippen LogP contribution in [0.4, 0.5) is 5.82 Å².